The van der Waals surface area contributed by atoms with Gasteiger partial charge in [-0.05, 0) is 18.9 Å². The average molecular weight is 165 g/mol. The highest BCUT2D eigenvalue weighted by atomic mass is 15.1. The van der Waals surface area contributed by atoms with E-state index in [4.69, 9.17) is 0 Å². The Bertz CT molecular complexity index is 213. The summed E-state index contributed by atoms with van der Waals surface area (Å²) < 4.78 is 0. The van der Waals surface area contributed by atoms with Crippen molar-refractivity contribution >= 4 is 0 Å². The van der Waals surface area contributed by atoms with Gasteiger partial charge in [-0.15, -0.1) is 0 Å². The lowest BCUT2D eigenvalue weighted by Crippen LogP contribution is -1.97. The van der Waals surface area contributed by atoms with Crippen molar-refractivity contribution < 1.29 is 1.43 Å². The van der Waals surface area contributed by atoms with Crippen LogP contribution in [0.5, 0.6) is 0 Å². The van der Waals surface area contributed by atoms with Crippen molar-refractivity contribution in [1.29, 1.82) is 0 Å². The molecule has 0 radical (unpaired) electrons. The lowest BCUT2D eigenvalue weighted by atomic mass is 9.97. The molecule has 1 heterocycles. The van der Waals surface area contributed by atoms with E-state index in [1.807, 2.05) is 6.20 Å². The molecule has 2 rings (SSSR count). The summed E-state index contributed by atoms with van der Waals surface area (Å²) in [6, 6.07) is 2.12. The molecule has 1 saturated carbocycles. The summed E-state index contributed by atoms with van der Waals surface area (Å²) in [5.41, 5.74) is 1.27. The minimum Gasteiger partial charge on any atom is -0.285 e. The van der Waals surface area contributed by atoms with E-state index in [-0.39, 0.29) is 1.43 Å². The normalized spacial score (nSPS) is 20.7. The van der Waals surface area contributed by atoms with Gasteiger partial charge in [-0.1, -0.05) is 25.7 Å². The van der Waals surface area contributed by atoms with Crippen molar-refractivity contribution in [3.8, 4) is 0 Å². The third-order valence-corrected chi connectivity index (χ3v) is 2.80. The van der Waals surface area contributed by atoms with Crippen molar-refractivity contribution in [2.75, 3.05) is 0 Å². The predicted molar refractivity (Wildman–Crippen MR) is 50.1 cm³/mol. The van der Waals surface area contributed by atoms with Gasteiger partial charge in [-0.3, -0.25) is 5.10 Å². The van der Waals surface area contributed by atoms with E-state index in [0.29, 0.717) is 0 Å². The molecule has 0 bridgehead atoms. The molecule has 1 aliphatic rings. The van der Waals surface area contributed by atoms with E-state index in [0.717, 1.165) is 5.92 Å². The summed E-state index contributed by atoms with van der Waals surface area (Å²) in [5.74, 6) is 0.735. The largest absolute Gasteiger partial charge is 1.00 e. The molecule has 0 unspecified atom stereocenters. The number of aromatic nitrogens is 2. The zero-order chi connectivity index (χ0) is 8.23. The second kappa shape index (κ2) is 3.74. The summed E-state index contributed by atoms with van der Waals surface area (Å²) in [5, 5.41) is 7.15. The van der Waals surface area contributed by atoms with E-state index in [9.17, 15) is 0 Å². The molecule has 1 aromatic heterocycles. The Balaban J connectivity index is 0.000000845. The van der Waals surface area contributed by atoms with Gasteiger partial charge < -0.3 is 0 Å². The summed E-state index contributed by atoms with van der Waals surface area (Å²) >= 11 is 0. The van der Waals surface area contributed by atoms with Gasteiger partial charge in [0.05, 0.1) is 5.69 Å². The van der Waals surface area contributed by atoms with Crippen LogP contribution in [-0.4, -0.2) is 10.2 Å². The van der Waals surface area contributed by atoms with Gasteiger partial charge in [0.15, 0.2) is 0 Å². The van der Waals surface area contributed by atoms with E-state index in [1.165, 1.54) is 44.2 Å². The van der Waals surface area contributed by atoms with Gasteiger partial charge in [0.2, 0.25) is 0 Å². The quantitative estimate of drug-likeness (QED) is 0.637. The third-order valence-electron chi connectivity index (χ3n) is 2.80. The lowest BCUT2D eigenvalue weighted by Gasteiger charge is -2.09. The Morgan fingerprint density at radius 3 is 2.58 bits per heavy atom. The van der Waals surface area contributed by atoms with Crippen LogP contribution in [0.25, 0.3) is 0 Å². The molecule has 0 spiro atoms. The lowest BCUT2D eigenvalue weighted by molar-refractivity contribution is 0.576. The Labute approximate surface area is 74.9 Å². The van der Waals surface area contributed by atoms with Crippen molar-refractivity contribution in [2.24, 2.45) is 0 Å². The van der Waals surface area contributed by atoms with E-state index in [2.05, 4.69) is 16.3 Å². The summed E-state index contributed by atoms with van der Waals surface area (Å²) in [6.45, 7) is 0. The van der Waals surface area contributed by atoms with Gasteiger partial charge in [-0.25, -0.2) is 0 Å². The standard InChI is InChI=1S/C10H16N2/c1-2-4-6-9(5-3-1)10-7-8-11-12-10/h7-9H,1-6H2,(H,11,12)/p+1. The van der Waals surface area contributed by atoms with Crippen LogP contribution in [-0.2, 0) is 0 Å². The fourth-order valence-corrected chi connectivity index (χ4v) is 2.07. The smallest absolute Gasteiger partial charge is 0.285 e. The summed E-state index contributed by atoms with van der Waals surface area (Å²) in [4.78, 5) is 0. The van der Waals surface area contributed by atoms with Crippen LogP contribution < -0.4 is 0 Å². The van der Waals surface area contributed by atoms with Gasteiger partial charge in [0.25, 0.3) is 0 Å². The minimum absolute atomic E-state index is 0. The molecule has 0 aliphatic heterocycles. The number of hydrogen-bond donors (Lipinski definition) is 1. The van der Waals surface area contributed by atoms with Crippen LogP contribution >= 0.6 is 0 Å². The highest BCUT2D eigenvalue weighted by Crippen LogP contribution is 2.29. The second-order valence-corrected chi connectivity index (χ2v) is 3.69. The van der Waals surface area contributed by atoms with Crippen molar-refractivity contribution in [2.45, 2.75) is 44.4 Å². The number of nitrogens with zero attached hydrogens (tertiary/aromatic N) is 1. The van der Waals surface area contributed by atoms with Gasteiger partial charge in [0, 0.05) is 12.1 Å². The Morgan fingerprint density at radius 2 is 2.00 bits per heavy atom. The van der Waals surface area contributed by atoms with E-state index >= 15 is 0 Å². The second-order valence-electron chi connectivity index (χ2n) is 3.69. The van der Waals surface area contributed by atoms with Crippen LogP contribution in [0.15, 0.2) is 12.3 Å². The molecule has 66 valence electrons. The molecule has 1 aromatic rings. The Kier molecular flexibility index (Phi) is 2.45. The first-order valence-electron chi connectivity index (χ1n) is 4.96. The molecular weight excluding hydrogens is 148 g/mol. The third kappa shape index (κ3) is 1.68. The highest BCUT2D eigenvalue weighted by molar-refractivity contribution is 5.05. The van der Waals surface area contributed by atoms with Crippen LogP contribution in [0.4, 0.5) is 0 Å². The number of aromatic amines is 1. The maximum atomic E-state index is 4.26. The fourth-order valence-electron chi connectivity index (χ4n) is 2.07. The molecule has 12 heavy (non-hydrogen) atoms. The van der Waals surface area contributed by atoms with E-state index < -0.39 is 0 Å². The van der Waals surface area contributed by atoms with Crippen LogP contribution in [0.2, 0.25) is 0 Å². The molecule has 2 nitrogen and oxygen atoms in total. The Morgan fingerprint density at radius 1 is 1.25 bits per heavy atom. The number of hydrogen-bond acceptors (Lipinski definition) is 1. The zero-order valence-electron chi connectivity index (χ0n) is 8.42. The molecule has 1 N–H and O–H groups in total. The van der Waals surface area contributed by atoms with E-state index in [1.54, 1.807) is 0 Å². The minimum atomic E-state index is 0. The fraction of sp³-hybridized carbons (Fsp3) is 0.700. The maximum Gasteiger partial charge on any atom is 1.00 e. The van der Waals surface area contributed by atoms with Crippen LogP contribution in [0.1, 0.15) is 51.6 Å². The highest BCUT2D eigenvalue weighted by Gasteiger charge is 2.15. The zero-order valence-corrected chi connectivity index (χ0v) is 7.42. The van der Waals surface area contributed by atoms with Gasteiger partial charge >= 0.3 is 1.43 Å². The Hall–Kier alpha value is -0.790. The topological polar surface area (TPSA) is 28.7 Å². The van der Waals surface area contributed by atoms with Crippen LogP contribution in [0, 0.1) is 0 Å². The number of H-pyrrole nitrogens is 1. The first-order valence-corrected chi connectivity index (χ1v) is 4.96. The van der Waals surface area contributed by atoms with Crippen molar-refractivity contribution in [3.05, 3.63) is 18.0 Å². The molecule has 1 fully saturated rings. The first-order chi connectivity index (χ1) is 5.97. The SMILES string of the molecule is [H+].c1cc(C2CCCCCC2)n[nH]1. The molecule has 0 aromatic carbocycles. The summed E-state index contributed by atoms with van der Waals surface area (Å²) in [7, 11) is 0. The first kappa shape index (κ1) is 7.84. The van der Waals surface area contributed by atoms with Crippen molar-refractivity contribution in [1.82, 2.24) is 10.2 Å². The van der Waals surface area contributed by atoms with Crippen LogP contribution in [0.3, 0.4) is 0 Å². The molecule has 1 aliphatic carbocycles. The molecule has 0 saturated heterocycles. The maximum absolute atomic E-state index is 4.26. The number of rotatable bonds is 1. The van der Waals surface area contributed by atoms with Gasteiger partial charge in [-0.2, -0.15) is 5.10 Å². The number of nitrogens with one attached hydrogen (secondary N) is 1. The van der Waals surface area contributed by atoms with Crippen molar-refractivity contribution in [3.63, 3.8) is 0 Å². The molecular formula is C10H17N2+. The molecule has 0 atom stereocenters. The van der Waals surface area contributed by atoms with Gasteiger partial charge in [0.1, 0.15) is 0 Å². The summed E-state index contributed by atoms with van der Waals surface area (Å²) in [6.07, 6.45) is 10.2. The molecule has 0 amide bonds. The molecule has 2 heteroatoms. The average Bonchev–Trinajstić information content (AvgIpc) is 2.48. The monoisotopic (exact) mass is 165 g/mol. The predicted octanol–water partition coefficient (Wildman–Crippen LogP) is 2.96.